The normalized spacial score (nSPS) is 12.5. The van der Waals surface area contributed by atoms with Crippen LogP contribution in [0.4, 0.5) is 0 Å². The minimum absolute atomic E-state index is 0.564. The van der Waals surface area contributed by atoms with Gasteiger partial charge in [0.1, 0.15) is 0 Å². The molecule has 0 radical (unpaired) electrons. The molecule has 0 saturated heterocycles. The van der Waals surface area contributed by atoms with Crippen LogP contribution in [0.3, 0.4) is 0 Å². The lowest BCUT2D eigenvalue weighted by Gasteiger charge is -2.11. The van der Waals surface area contributed by atoms with Crippen LogP contribution in [-0.4, -0.2) is 23.2 Å². The lowest BCUT2D eigenvalue weighted by Crippen LogP contribution is -2.03. The highest BCUT2D eigenvalue weighted by molar-refractivity contribution is 5.18. The van der Waals surface area contributed by atoms with Gasteiger partial charge in [-0.05, 0) is 30.7 Å². The van der Waals surface area contributed by atoms with Crippen molar-refractivity contribution in [2.75, 3.05) is 13.2 Å². The van der Waals surface area contributed by atoms with Crippen molar-refractivity contribution in [3.8, 4) is 0 Å². The number of hydrogen-bond donors (Lipinski definition) is 1. The Morgan fingerprint density at radius 1 is 1.21 bits per heavy atom. The van der Waals surface area contributed by atoms with Crippen LogP contribution >= 0.6 is 0 Å². The van der Waals surface area contributed by atoms with Crippen molar-refractivity contribution in [1.82, 2.24) is 9.97 Å². The second-order valence-electron chi connectivity index (χ2n) is 4.89. The number of ether oxygens (including phenoxy) is 1. The van der Waals surface area contributed by atoms with Crippen molar-refractivity contribution in [1.29, 1.82) is 0 Å². The minimum Gasteiger partial charge on any atom is -0.381 e. The molecule has 0 aliphatic heterocycles. The lowest BCUT2D eigenvalue weighted by atomic mass is 9.98. The Bertz CT molecular complexity index is 439. The quantitative estimate of drug-likeness (QED) is 0.735. The first-order chi connectivity index (χ1) is 9.36. The molecule has 1 aromatic carbocycles. The number of aromatic amines is 1. The fourth-order valence-electron chi connectivity index (χ4n) is 2.10. The first-order valence-corrected chi connectivity index (χ1v) is 6.96. The van der Waals surface area contributed by atoms with Gasteiger partial charge in [0, 0.05) is 25.1 Å². The summed E-state index contributed by atoms with van der Waals surface area (Å²) in [7, 11) is 0. The molecule has 0 spiro atoms. The molecular weight excluding hydrogens is 236 g/mol. The average Bonchev–Trinajstić information content (AvgIpc) is 2.96. The third-order valence-electron chi connectivity index (χ3n) is 3.35. The Labute approximate surface area is 115 Å². The van der Waals surface area contributed by atoms with E-state index in [1.807, 2.05) is 6.20 Å². The monoisotopic (exact) mass is 258 g/mol. The molecular formula is C16H22N2O. The van der Waals surface area contributed by atoms with Crippen LogP contribution < -0.4 is 0 Å². The van der Waals surface area contributed by atoms with E-state index >= 15 is 0 Å². The molecule has 1 aromatic heterocycles. The highest BCUT2D eigenvalue weighted by Crippen LogP contribution is 2.18. The summed E-state index contributed by atoms with van der Waals surface area (Å²) in [5.41, 5.74) is 2.57. The molecule has 102 valence electrons. The third kappa shape index (κ3) is 4.87. The van der Waals surface area contributed by atoms with Crippen LogP contribution in [-0.2, 0) is 11.2 Å². The van der Waals surface area contributed by atoms with E-state index in [0.717, 1.165) is 32.5 Å². The van der Waals surface area contributed by atoms with Crippen LogP contribution in [0.1, 0.15) is 36.9 Å². The second-order valence-corrected chi connectivity index (χ2v) is 4.89. The third-order valence-corrected chi connectivity index (χ3v) is 3.35. The van der Waals surface area contributed by atoms with Crippen molar-refractivity contribution in [2.45, 2.75) is 32.1 Å². The van der Waals surface area contributed by atoms with Crippen LogP contribution in [0.2, 0.25) is 0 Å². The van der Waals surface area contributed by atoms with E-state index in [1.54, 1.807) is 6.33 Å². The molecule has 1 atom stereocenters. The number of rotatable bonds is 8. The van der Waals surface area contributed by atoms with Crippen LogP contribution in [0.25, 0.3) is 0 Å². The molecule has 0 fully saturated rings. The topological polar surface area (TPSA) is 37.9 Å². The molecule has 0 aliphatic carbocycles. The standard InChI is InChI=1S/C16H22N2O/c1-14(15-6-3-2-4-7-15)9-11-19-10-5-8-16-12-17-13-18-16/h2-4,6-7,12-14H,5,8-11H2,1H3,(H,17,18). The number of benzene rings is 1. The average molecular weight is 258 g/mol. The Hall–Kier alpha value is -1.61. The van der Waals surface area contributed by atoms with Gasteiger partial charge in [0.25, 0.3) is 0 Å². The molecule has 3 nitrogen and oxygen atoms in total. The Morgan fingerprint density at radius 2 is 2.05 bits per heavy atom. The summed E-state index contributed by atoms with van der Waals surface area (Å²) < 4.78 is 5.69. The maximum Gasteiger partial charge on any atom is 0.0921 e. The lowest BCUT2D eigenvalue weighted by molar-refractivity contribution is 0.125. The van der Waals surface area contributed by atoms with Gasteiger partial charge in [-0.2, -0.15) is 0 Å². The molecule has 19 heavy (non-hydrogen) atoms. The summed E-state index contributed by atoms with van der Waals surface area (Å²) >= 11 is 0. The molecule has 1 heterocycles. The Morgan fingerprint density at radius 3 is 2.79 bits per heavy atom. The van der Waals surface area contributed by atoms with E-state index in [1.165, 1.54) is 11.3 Å². The van der Waals surface area contributed by atoms with E-state index in [9.17, 15) is 0 Å². The zero-order valence-corrected chi connectivity index (χ0v) is 11.5. The van der Waals surface area contributed by atoms with Gasteiger partial charge < -0.3 is 9.72 Å². The molecule has 0 bridgehead atoms. The number of aromatic nitrogens is 2. The van der Waals surface area contributed by atoms with E-state index in [-0.39, 0.29) is 0 Å². The second kappa shape index (κ2) is 7.74. The number of nitrogens with zero attached hydrogens (tertiary/aromatic N) is 1. The fourth-order valence-corrected chi connectivity index (χ4v) is 2.10. The van der Waals surface area contributed by atoms with Gasteiger partial charge >= 0.3 is 0 Å². The Kier molecular flexibility index (Phi) is 5.63. The molecule has 0 amide bonds. The summed E-state index contributed by atoms with van der Waals surface area (Å²) in [6, 6.07) is 10.6. The van der Waals surface area contributed by atoms with E-state index < -0.39 is 0 Å². The zero-order chi connectivity index (χ0) is 13.3. The largest absolute Gasteiger partial charge is 0.381 e. The fraction of sp³-hybridized carbons (Fsp3) is 0.438. The maximum absolute atomic E-state index is 5.69. The molecule has 1 N–H and O–H groups in total. The predicted octanol–water partition coefficient (Wildman–Crippen LogP) is 3.55. The summed E-state index contributed by atoms with van der Waals surface area (Å²) in [6.07, 6.45) is 6.72. The number of aryl methyl sites for hydroxylation is 1. The van der Waals surface area contributed by atoms with Crippen molar-refractivity contribution >= 4 is 0 Å². The summed E-state index contributed by atoms with van der Waals surface area (Å²) in [5.74, 6) is 0.564. The smallest absolute Gasteiger partial charge is 0.0921 e. The van der Waals surface area contributed by atoms with Crippen molar-refractivity contribution in [3.05, 3.63) is 54.1 Å². The Balaban J connectivity index is 1.54. The van der Waals surface area contributed by atoms with E-state index in [0.29, 0.717) is 5.92 Å². The molecule has 2 aromatic rings. The first kappa shape index (κ1) is 13.8. The highest BCUT2D eigenvalue weighted by atomic mass is 16.5. The minimum atomic E-state index is 0.564. The van der Waals surface area contributed by atoms with E-state index in [4.69, 9.17) is 4.74 Å². The van der Waals surface area contributed by atoms with Gasteiger partial charge in [0.15, 0.2) is 0 Å². The number of hydrogen-bond acceptors (Lipinski definition) is 2. The summed E-state index contributed by atoms with van der Waals surface area (Å²) in [4.78, 5) is 7.10. The number of imidazole rings is 1. The molecule has 0 aliphatic rings. The maximum atomic E-state index is 5.69. The van der Waals surface area contributed by atoms with Gasteiger partial charge in [-0.25, -0.2) is 4.98 Å². The van der Waals surface area contributed by atoms with Gasteiger partial charge in [-0.15, -0.1) is 0 Å². The predicted molar refractivity (Wildman–Crippen MR) is 77.2 cm³/mol. The SMILES string of the molecule is CC(CCOCCCc1cnc[nH]1)c1ccccc1. The van der Waals surface area contributed by atoms with E-state index in [2.05, 4.69) is 47.2 Å². The molecule has 1 unspecified atom stereocenters. The summed E-state index contributed by atoms with van der Waals surface area (Å²) in [6.45, 7) is 3.91. The number of H-pyrrole nitrogens is 1. The van der Waals surface area contributed by atoms with Crippen LogP contribution in [0, 0.1) is 0 Å². The van der Waals surface area contributed by atoms with Gasteiger partial charge in [-0.3, -0.25) is 0 Å². The first-order valence-electron chi connectivity index (χ1n) is 6.96. The van der Waals surface area contributed by atoms with Gasteiger partial charge in [0.05, 0.1) is 6.33 Å². The molecule has 3 heteroatoms. The van der Waals surface area contributed by atoms with Crippen molar-refractivity contribution in [2.24, 2.45) is 0 Å². The van der Waals surface area contributed by atoms with Crippen LogP contribution in [0.15, 0.2) is 42.9 Å². The van der Waals surface area contributed by atoms with Crippen molar-refractivity contribution in [3.63, 3.8) is 0 Å². The molecule has 2 rings (SSSR count). The number of nitrogens with one attached hydrogen (secondary N) is 1. The zero-order valence-electron chi connectivity index (χ0n) is 11.5. The summed E-state index contributed by atoms with van der Waals surface area (Å²) in [5, 5.41) is 0. The van der Waals surface area contributed by atoms with Crippen LogP contribution in [0.5, 0.6) is 0 Å². The van der Waals surface area contributed by atoms with Gasteiger partial charge in [0.2, 0.25) is 0 Å². The molecule has 0 saturated carbocycles. The highest BCUT2D eigenvalue weighted by Gasteiger charge is 2.04. The van der Waals surface area contributed by atoms with Crippen molar-refractivity contribution < 1.29 is 4.74 Å². The van der Waals surface area contributed by atoms with Gasteiger partial charge in [-0.1, -0.05) is 37.3 Å².